The largest absolute Gasteiger partial charge is 0.377 e. The van der Waals surface area contributed by atoms with Crippen LogP contribution >= 0.6 is 0 Å². The van der Waals surface area contributed by atoms with Crippen molar-refractivity contribution in [2.75, 3.05) is 6.61 Å². The molecule has 1 aromatic rings. The van der Waals surface area contributed by atoms with Crippen molar-refractivity contribution in [3.8, 4) is 0 Å². The molecule has 0 bridgehead atoms. The summed E-state index contributed by atoms with van der Waals surface area (Å²) >= 11 is 0. The molecule has 0 aliphatic carbocycles. The Morgan fingerprint density at radius 3 is 2.86 bits per heavy atom. The molecule has 0 saturated carbocycles. The summed E-state index contributed by atoms with van der Waals surface area (Å²) < 4.78 is 5.55. The fourth-order valence-corrected chi connectivity index (χ4v) is 1.29. The minimum absolute atomic E-state index is 0.697. The van der Waals surface area contributed by atoms with Gasteiger partial charge in [0.15, 0.2) is 0 Å². The molecule has 1 rings (SSSR count). The molecule has 1 nitrogen and oxygen atoms in total. The number of unbranched alkanes of at least 4 members (excludes halogenated alkanes) is 1. The molecule has 0 aliphatic heterocycles. The van der Waals surface area contributed by atoms with E-state index >= 15 is 0 Å². The van der Waals surface area contributed by atoms with Crippen LogP contribution < -0.4 is 0 Å². The highest BCUT2D eigenvalue weighted by Crippen LogP contribution is 2.11. The fourth-order valence-electron chi connectivity index (χ4n) is 1.29. The topological polar surface area (TPSA) is 9.23 Å². The Morgan fingerprint density at radius 2 is 2.14 bits per heavy atom. The Bertz CT molecular complexity index is 278. The maximum atomic E-state index is 5.55. The normalized spacial score (nSPS) is 10.1. The first kappa shape index (κ1) is 11.0. The van der Waals surface area contributed by atoms with Crippen LogP contribution in [0.25, 0.3) is 6.08 Å². The van der Waals surface area contributed by atoms with Gasteiger partial charge in [0, 0.05) is 6.61 Å². The van der Waals surface area contributed by atoms with Gasteiger partial charge in [-0.1, -0.05) is 50.3 Å². The first-order valence-electron chi connectivity index (χ1n) is 5.16. The van der Waals surface area contributed by atoms with Gasteiger partial charge in [-0.15, -0.1) is 0 Å². The summed E-state index contributed by atoms with van der Waals surface area (Å²) in [5, 5.41) is 0. The van der Waals surface area contributed by atoms with Crippen molar-refractivity contribution in [2.24, 2.45) is 0 Å². The van der Waals surface area contributed by atoms with Gasteiger partial charge in [-0.25, -0.2) is 0 Å². The van der Waals surface area contributed by atoms with Gasteiger partial charge in [0.25, 0.3) is 0 Å². The highest BCUT2D eigenvalue weighted by molar-refractivity contribution is 5.51. The van der Waals surface area contributed by atoms with Gasteiger partial charge in [-0.2, -0.15) is 0 Å². The zero-order valence-corrected chi connectivity index (χ0v) is 8.83. The zero-order chi connectivity index (χ0) is 10.2. The number of hydrogen-bond donors (Lipinski definition) is 0. The van der Waals surface area contributed by atoms with Crippen LogP contribution in [0.15, 0.2) is 30.8 Å². The van der Waals surface area contributed by atoms with Crippen LogP contribution in [-0.4, -0.2) is 6.61 Å². The van der Waals surface area contributed by atoms with Crippen LogP contribution in [0.5, 0.6) is 0 Å². The molecule has 0 radical (unpaired) electrons. The van der Waals surface area contributed by atoms with Crippen LogP contribution in [0.2, 0.25) is 0 Å². The summed E-state index contributed by atoms with van der Waals surface area (Å²) in [5.74, 6) is 0. The number of ether oxygens (including phenoxy) is 1. The van der Waals surface area contributed by atoms with Gasteiger partial charge in [-0.05, 0) is 17.5 Å². The van der Waals surface area contributed by atoms with Gasteiger partial charge in [-0.3, -0.25) is 0 Å². The molecule has 14 heavy (non-hydrogen) atoms. The van der Waals surface area contributed by atoms with E-state index in [1.165, 1.54) is 17.5 Å². The molecule has 0 fully saturated rings. The minimum Gasteiger partial charge on any atom is -0.377 e. The number of rotatable bonds is 6. The summed E-state index contributed by atoms with van der Waals surface area (Å²) in [6, 6.07) is 8.20. The Hall–Kier alpha value is -1.08. The summed E-state index contributed by atoms with van der Waals surface area (Å²) in [6.07, 6.45) is 4.19. The molecule has 0 amide bonds. The van der Waals surface area contributed by atoms with Crippen molar-refractivity contribution in [2.45, 2.75) is 26.4 Å². The third-order valence-corrected chi connectivity index (χ3v) is 2.17. The molecule has 0 unspecified atom stereocenters. The van der Waals surface area contributed by atoms with E-state index < -0.39 is 0 Å². The van der Waals surface area contributed by atoms with E-state index in [-0.39, 0.29) is 0 Å². The predicted octanol–water partition coefficient (Wildman–Crippen LogP) is 3.65. The Morgan fingerprint density at radius 1 is 1.36 bits per heavy atom. The minimum atomic E-state index is 0.697. The average molecular weight is 190 g/mol. The SMILES string of the molecule is C=Cc1ccccc1COCCCC. The molecule has 0 aliphatic rings. The summed E-state index contributed by atoms with van der Waals surface area (Å²) in [7, 11) is 0. The lowest BCUT2D eigenvalue weighted by Crippen LogP contribution is -1.96. The van der Waals surface area contributed by atoms with Crippen molar-refractivity contribution in [3.63, 3.8) is 0 Å². The van der Waals surface area contributed by atoms with Gasteiger partial charge in [0.05, 0.1) is 6.61 Å². The molecule has 76 valence electrons. The van der Waals surface area contributed by atoms with Gasteiger partial charge in [0.2, 0.25) is 0 Å². The van der Waals surface area contributed by atoms with Gasteiger partial charge >= 0.3 is 0 Å². The second kappa shape index (κ2) is 6.39. The molecule has 0 spiro atoms. The van der Waals surface area contributed by atoms with E-state index in [0.717, 1.165) is 13.0 Å². The number of hydrogen-bond acceptors (Lipinski definition) is 1. The maximum Gasteiger partial charge on any atom is 0.0722 e. The second-order valence-electron chi connectivity index (χ2n) is 3.31. The number of benzene rings is 1. The van der Waals surface area contributed by atoms with Crippen LogP contribution in [0.4, 0.5) is 0 Å². The van der Waals surface area contributed by atoms with Gasteiger partial charge < -0.3 is 4.74 Å². The standard InChI is InChI=1S/C13H18O/c1-3-5-10-14-11-13-9-7-6-8-12(13)4-2/h4,6-9H,2-3,5,10-11H2,1H3. The highest BCUT2D eigenvalue weighted by Gasteiger charge is 1.97. The van der Waals surface area contributed by atoms with Crippen molar-refractivity contribution < 1.29 is 4.74 Å². The van der Waals surface area contributed by atoms with E-state index in [1.54, 1.807) is 0 Å². The molecule has 0 N–H and O–H groups in total. The zero-order valence-electron chi connectivity index (χ0n) is 8.83. The quantitative estimate of drug-likeness (QED) is 0.622. The second-order valence-corrected chi connectivity index (χ2v) is 3.31. The lowest BCUT2D eigenvalue weighted by molar-refractivity contribution is 0.118. The van der Waals surface area contributed by atoms with E-state index in [0.29, 0.717) is 6.61 Å². The van der Waals surface area contributed by atoms with Crippen molar-refractivity contribution in [1.82, 2.24) is 0 Å². The molecule has 0 heterocycles. The third kappa shape index (κ3) is 3.35. The monoisotopic (exact) mass is 190 g/mol. The van der Waals surface area contributed by atoms with E-state index in [9.17, 15) is 0 Å². The molecule has 0 aromatic heterocycles. The Balaban J connectivity index is 2.45. The summed E-state index contributed by atoms with van der Waals surface area (Å²) in [4.78, 5) is 0. The van der Waals surface area contributed by atoms with Crippen LogP contribution in [-0.2, 0) is 11.3 Å². The smallest absolute Gasteiger partial charge is 0.0722 e. The predicted molar refractivity (Wildman–Crippen MR) is 61.1 cm³/mol. The Kier molecular flexibility index (Phi) is 5.02. The van der Waals surface area contributed by atoms with Crippen molar-refractivity contribution in [1.29, 1.82) is 0 Å². The first-order chi connectivity index (χ1) is 6.88. The van der Waals surface area contributed by atoms with Crippen molar-refractivity contribution >= 4 is 6.08 Å². The van der Waals surface area contributed by atoms with E-state index in [4.69, 9.17) is 4.74 Å². The maximum absolute atomic E-state index is 5.55. The molecular formula is C13H18O. The molecule has 0 saturated heterocycles. The summed E-state index contributed by atoms with van der Waals surface area (Å²) in [6.45, 7) is 7.49. The summed E-state index contributed by atoms with van der Waals surface area (Å²) in [5.41, 5.74) is 2.39. The Labute approximate surface area is 86.4 Å². The molecular weight excluding hydrogens is 172 g/mol. The highest BCUT2D eigenvalue weighted by atomic mass is 16.5. The molecule has 0 atom stereocenters. The van der Waals surface area contributed by atoms with Crippen LogP contribution in [0, 0.1) is 0 Å². The fraction of sp³-hybridized carbons (Fsp3) is 0.385. The van der Waals surface area contributed by atoms with Gasteiger partial charge in [0.1, 0.15) is 0 Å². The first-order valence-corrected chi connectivity index (χ1v) is 5.16. The molecule has 1 heteroatoms. The average Bonchev–Trinajstić information content (AvgIpc) is 2.25. The van der Waals surface area contributed by atoms with Crippen LogP contribution in [0.1, 0.15) is 30.9 Å². The third-order valence-electron chi connectivity index (χ3n) is 2.17. The van der Waals surface area contributed by atoms with Crippen molar-refractivity contribution in [3.05, 3.63) is 42.0 Å². The molecule has 1 aromatic carbocycles. The van der Waals surface area contributed by atoms with Crippen LogP contribution in [0.3, 0.4) is 0 Å². The lowest BCUT2D eigenvalue weighted by atomic mass is 10.1. The van der Waals surface area contributed by atoms with E-state index in [1.807, 2.05) is 18.2 Å². The van der Waals surface area contributed by atoms with E-state index in [2.05, 4.69) is 25.6 Å². The lowest BCUT2D eigenvalue weighted by Gasteiger charge is -2.06.